The minimum Gasteiger partial charge on any atom is -0.203 e. The van der Waals surface area contributed by atoms with E-state index < -0.39 is 39.2 Å². The molecular weight excluding hydrogens is 346 g/mol. The van der Waals surface area contributed by atoms with Gasteiger partial charge in [-0.3, -0.25) is 0 Å². The Hall–Kier alpha value is -1.39. The van der Waals surface area contributed by atoms with Crippen molar-refractivity contribution in [3.05, 3.63) is 55.7 Å². The fraction of sp³-hybridized carbons (Fsp3) is 0.0833. The van der Waals surface area contributed by atoms with E-state index >= 15 is 0 Å². The fourth-order valence-electron chi connectivity index (χ4n) is 1.60. The van der Waals surface area contributed by atoms with Gasteiger partial charge in [-0.15, -0.1) is 11.3 Å². The molecule has 0 fully saturated rings. The summed E-state index contributed by atoms with van der Waals surface area (Å²) in [5, 5.41) is 10.6. The van der Waals surface area contributed by atoms with Crippen LogP contribution in [-0.4, -0.2) is 0 Å². The van der Waals surface area contributed by atoms with E-state index in [1.807, 2.05) is 0 Å². The van der Waals surface area contributed by atoms with Crippen LogP contribution in [0.15, 0.2) is 22.0 Å². The molecule has 0 amide bonds. The van der Waals surface area contributed by atoms with E-state index in [1.54, 1.807) is 17.5 Å². The van der Waals surface area contributed by atoms with Crippen LogP contribution in [0.2, 0.25) is 0 Å². The van der Waals surface area contributed by atoms with Gasteiger partial charge in [0.1, 0.15) is 5.92 Å². The molecule has 0 radical (unpaired) electrons. The third-order valence-electron chi connectivity index (χ3n) is 2.49. The molecule has 0 aliphatic rings. The largest absolute Gasteiger partial charge is 0.203 e. The van der Waals surface area contributed by atoms with Crippen LogP contribution in [0.5, 0.6) is 0 Å². The first-order valence-electron chi connectivity index (χ1n) is 4.93. The molecule has 1 heterocycles. The Morgan fingerprint density at radius 1 is 1.11 bits per heavy atom. The molecule has 0 saturated carbocycles. The van der Waals surface area contributed by atoms with Gasteiger partial charge in [0.2, 0.25) is 0 Å². The van der Waals surface area contributed by atoms with Crippen molar-refractivity contribution in [3.8, 4) is 6.07 Å². The van der Waals surface area contributed by atoms with Crippen molar-refractivity contribution in [3.63, 3.8) is 0 Å². The second kappa shape index (κ2) is 5.31. The van der Waals surface area contributed by atoms with Crippen LogP contribution in [0.25, 0.3) is 0 Å². The molecular formula is C12H4BrF4NS. The zero-order valence-electron chi connectivity index (χ0n) is 9.05. The monoisotopic (exact) mass is 349 g/mol. The maximum atomic E-state index is 13.8. The lowest BCUT2D eigenvalue weighted by Crippen LogP contribution is -2.09. The van der Waals surface area contributed by atoms with E-state index in [4.69, 9.17) is 5.26 Å². The van der Waals surface area contributed by atoms with Gasteiger partial charge in [-0.05, 0) is 27.4 Å². The standard InChI is InChI=1S/C12H4BrF4NS/c13-8-11(16)9(14)7(10(15)12(8)17)5(4-18)6-2-1-3-19-6/h1-3,5H. The average molecular weight is 350 g/mol. The quantitative estimate of drug-likeness (QED) is 0.437. The Morgan fingerprint density at radius 2 is 1.68 bits per heavy atom. The lowest BCUT2D eigenvalue weighted by atomic mass is 9.97. The molecule has 0 saturated heterocycles. The van der Waals surface area contributed by atoms with Crippen molar-refractivity contribution >= 4 is 27.3 Å². The molecule has 0 aliphatic carbocycles. The predicted octanol–water partition coefficient (Wildman–Crippen LogP) is 4.72. The molecule has 2 rings (SSSR count). The number of rotatable bonds is 2. The zero-order valence-corrected chi connectivity index (χ0v) is 11.5. The summed E-state index contributed by atoms with van der Waals surface area (Å²) in [6, 6.07) is 4.70. The zero-order chi connectivity index (χ0) is 14.2. The number of hydrogen-bond acceptors (Lipinski definition) is 2. The lowest BCUT2D eigenvalue weighted by Gasteiger charge is -2.12. The Morgan fingerprint density at radius 3 is 2.11 bits per heavy atom. The summed E-state index contributed by atoms with van der Waals surface area (Å²) in [6.07, 6.45) is 0. The smallest absolute Gasteiger partial charge is 0.176 e. The van der Waals surface area contributed by atoms with Gasteiger partial charge in [-0.1, -0.05) is 6.07 Å². The minimum absolute atomic E-state index is 0.307. The van der Waals surface area contributed by atoms with E-state index in [2.05, 4.69) is 15.9 Å². The summed E-state index contributed by atoms with van der Waals surface area (Å²) in [4.78, 5) is 0.307. The van der Waals surface area contributed by atoms with Crippen LogP contribution >= 0.6 is 27.3 Å². The Balaban J connectivity index is 2.73. The van der Waals surface area contributed by atoms with Gasteiger partial charge in [0.25, 0.3) is 0 Å². The highest BCUT2D eigenvalue weighted by Gasteiger charge is 2.30. The highest BCUT2D eigenvalue weighted by atomic mass is 79.9. The molecule has 0 bridgehead atoms. The van der Waals surface area contributed by atoms with Crippen LogP contribution in [0.4, 0.5) is 17.6 Å². The first-order valence-corrected chi connectivity index (χ1v) is 6.60. The van der Waals surface area contributed by atoms with Gasteiger partial charge >= 0.3 is 0 Å². The molecule has 0 spiro atoms. The van der Waals surface area contributed by atoms with Crippen LogP contribution in [0, 0.1) is 34.6 Å². The number of hydrogen-bond donors (Lipinski definition) is 0. The molecule has 0 N–H and O–H groups in total. The van der Waals surface area contributed by atoms with Crippen molar-refractivity contribution in [1.29, 1.82) is 5.26 Å². The summed E-state index contributed by atoms with van der Waals surface area (Å²) in [6.45, 7) is 0. The van der Waals surface area contributed by atoms with E-state index in [-0.39, 0.29) is 0 Å². The van der Waals surface area contributed by atoms with Crippen LogP contribution < -0.4 is 0 Å². The molecule has 1 aromatic heterocycles. The van der Waals surface area contributed by atoms with Gasteiger partial charge in [0, 0.05) is 4.88 Å². The first-order chi connectivity index (χ1) is 8.99. The normalized spacial score (nSPS) is 12.2. The maximum absolute atomic E-state index is 13.8. The summed E-state index contributed by atoms with van der Waals surface area (Å²) >= 11 is 3.50. The Bertz CT molecular complexity index is 634. The fourth-order valence-corrected chi connectivity index (χ4v) is 2.73. The molecule has 1 unspecified atom stereocenters. The molecule has 0 aliphatic heterocycles. The lowest BCUT2D eigenvalue weighted by molar-refractivity contribution is 0.432. The predicted molar refractivity (Wildman–Crippen MR) is 65.7 cm³/mol. The minimum atomic E-state index is -1.56. The summed E-state index contributed by atoms with van der Waals surface area (Å²) in [5.41, 5.74) is -0.914. The SMILES string of the molecule is N#CC(c1cccs1)c1c(F)c(F)c(Br)c(F)c1F. The highest BCUT2D eigenvalue weighted by Crippen LogP contribution is 2.36. The van der Waals surface area contributed by atoms with E-state index in [0.29, 0.717) is 4.88 Å². The number of nitrogens with zero attached hydrogens (tertiary/aromatic N) is 1. The van der Waals surface area contributed by atoms with Gasteiger partial charge in [-0.2, -0.15) is 5.26 Å². The number of thiophene rings is 1. The average Bonchev–Trinajstić information content (AvgIpc) is 2.93. The summed E-state index contributed by atoms with van der Waals surface area (Å²) in [5.74, 6) is -7.62. The summed E-state index contributed by atoms with van der Waals surface area (Å²) < 4.78 is 53.5. The molecule has 1 nitrogen and oxygen atoms in total. The van der Waals surface area contributed by atoms with Crippen LogP contribution in [-0.2, 0) is 0 Å². The Labute approximate surface area is 118 Å². The first kappa shape index (κ1) is 14.0. The molecule has 1 atom stereocenters. The Kier molecular flexibility index (Phi) is 3.92. The number of halogens is 5. The van der Waals surface area contributed by atoms with Crippen molar-refractivity contribution in [2.45, 2.75) is 5.92 Å². The number of benzene rings is 1. The topological polar surface area (TPSA) is 23.8 Å². The third kappa shape index (κ3) is 2.26. The van der Waals surface area contributed by atoms with Crippen molar-refractivity contribution < 1.29 is 17.6 Å². The van der Waals surface area contributed by atoms with Gasteiger partial charge in [0.05, 0.1) is 16.1 Å². The highest BCUT2D eigenvalue weighted by molar-refractivity contribution is 9.10. The van der Waals surface area contributed by atoms with Crippen LogP contribution in [0.3, 0.4) is 0 Å². The second-order valence-corrected chi connectivity index (χ2v) is 5.33. The van der Waals surface area contributed by atoms with Crippen molar-refractivity contribution in [2.75, 3.05) is 0 Å². The third-order valence-corrected chi connectivity index (χ3v) is 4.12. The van der Waals surface area contributed by atoms with E-state index in [1.165, 1.54) is 6.07 Å². The van der Waals surface area contributed by atoms with Gasteiger partial charge < -0.3 is 0 Å². The van der Waals surface area contributed by atoms with E-state index in [0.717, 1.165) is 11.3 Å². The maximum Gasteiger partial charge on any atom is 0.176 e. The van der Waals surface area contributed by atoms with E-state index in [9.17, 15) is 17.6 Å². The molecule has 98 valence electrons. The molecule has 7 heteroatoms. The molecule has 1 aromatic carbocycles. The molecule has 2 aromatic rings. The van der Waals surface area contributed by atoms with Crippen LogP contribution in [0.1, 0.15) is 16.4 Å². The van der Waals surface area contributed by atoms with Crippen molar-refractivity contribution in [1.82, 2.24) is 0 Å². The molecule has 19 heavy (non-hydrogen) atoms. The van der Waals surface area contributed by atoms with Gasteiger partial charge in [-0.25, -0.2) is 17.6 Å². The van der Waals surface area contributed by atoms with Gasteiger partial charge in [0.15, 0.2) is 23.3 Å². The second-order valence-electron chi connectivity index (χ2n) is 3.56. The number of nitriles is 1. The summed E-state index contributed by atoms with van der Waals surface area (Å²) in [7, 11) is 0. The van der Waals surface area contributed by atoms with Crippen molar-refractivity contribution in [2.24, 2.45) is 0 Å².